The second kappa shape index (κ2) is 7.26. The van der Waals surface area contributed by atoms with Crippen LogP contribution in [0.15, 0.2) is 47.4 Å². The van der Waals surface area contributed by atoms with E-state index in [0.29, 0.717) is 18.0 Å². The monoisotopic (exact) mass is 393 g/mol. The third-order valence-electron chi connectivity index (χ3n) is 4.43. The number of carbonyl (C=O) groups is 1. The maximum Gasteiger partial charge on any atom is 0.239 e. The summed E-state index contributed by atoms with van der Waals surface area (Å²) in [6.07, 6.45) is 0.676. The highest BCUT2D eigenvalue weighted by Crippen LogP contribution is 2.29. The number of amides is 1. The smallest absolute Gasteiger partial charge is 0.239 e. The molecule has 2 aromatic rings. The van der Waals surface area contributed by atoms with E-state index in [2.05, 4.69) is 5.32 Å². The first-order valence-corrected chi connectivity index (χ1v) is 10.1. The largest absolute Gasteiger partial charge is 0.362 e. The molecule has 1 unspecified atom stereocenters. The molecule has 0 saturated heterocycles. The van der Waals surface area contributed by atoms with Crippen molar-refractivity contribution in [3.63, 3.8) is 0 Å². The average Bonchev–Trinajstić information content (AvgIpc) is 2.96. The van der Waals surface area contributed by atoms with Crippen molar-refractivity contribution in [3.05, 3.63) is 58.6 Å². The number of nitrogens with one attached hydrogen (secondary N) is 1. The first-order valence-electron chi connectivity index (χ1n) is 8.19. The van der Waals surface area contributed by atoms with Crippen LogP contribution in [0.2, 0.25) is 5.02 Å². The number of hydrogen-bond donors (Lipinski definition) is 2. The van der Waals surface area contributed by atoms with Gasteiger partial charge in [0.05, 0.1) is 17.5 Å². The van der Waals surface area contributed by atoms with Crippen LogP contribution in [0.3, 0.4) is 0 Å². The highest BCUT2D eigenvalue weighted by atomic mass is 35.5. The summed E-state index contributed by atoms with van der Waals surface area (Å²) in [5, 5.41) is 8.76. The number of benzene rings is 2. The Morgan fingerprint density at radius 3 is 2.77 bits per heavy atom. The molecule has 138 valence electrons. The van der Waals surface area contributed by atoms with E-state index in [1.807, 2.05) is 30.0 Å². The maximum absolute atomic E-state index is 12.4. The van der Waals surface area contributed by atoms with Gasteiger partial charge in [0.2, 0.25) is 15.9 Å². The minimum absolute atomic E-state index is 0.0946. The molecule has 3 rings (SSSR count). The molecule has 1 aliphatic heterocycles. The molecule has 26 heavy (non-hydrogen) atoms. The number of halogens is 1. The fourth-order valence-electron chi connectivity index (χ4n) is 3.11. The van der Waals surface area contributed by atoms with Crippen LogP contribution in [-0.2, 0) is 21.2 Å². The van der Waals surface area contributed by atoms with E-state index in [1.54, 1.807) is 18.2 Å². The van der Waals surface area contributed by atoms with Crippen LogP contribution in [0.1, 0.15) is 24.1 Å². The minimum Gasteiger partial charge on any atom is -0.362 e. The molecule has 0 bridgehead atoms. The van der Waals surface area contributed by atoms with Crippen molar-refractivity contribution in [2.24, 2.45) is 5.14 Å². The van der Waals surface area contributed by atoms with Gasteiger partial charge in [-0.2, -0.15) is 0 Å². The molecule has 0 aromatic heterocycles. The number of anilines is 1. The lowest BCUT2D eigenvalue weighted by Gasteiger charge is -2.21. The van der Waals surface area contributed by atoms with Gasteiger partial charge in [-0.05, 0) is 54.8 Å². The van der Waals surface area contributed by atoms with Crippen LogP contribution < -0.4 is 15.4 Å². The van der Waals surface area contributed by atoms with Gasteiger partial charge in [-0.1, -0.05) is 23.7 Å². The van der Waals surface area contributed by atoms with E-state index < -0.39 is 10.0 Å². The Hall–Kier alpha value is -2.09. The van der Waals surface area contributed by atoms with Crippen LogP contribution in [0.25, 0.3) is 0 Å². The van der Waals surface area contributed by atoms with Gasteiger partial charge in [0.15, 0.2) is 0 Å². The number of nitrogens with zero attached hydrogens (tertiary/aromatic N) is 1. The number of nitrogens with two attached hydrogens (primary N) is 1. The lowest BCUT2D eigenvalue weighted by atomic mass is 10.1. The fraction of sp³-hybridized carbons (Fsp3) is 0.278. The molecule has 3 N–H and O–H groups in total. The van der Waals surface area contributed by atoms with Crippen LogP contribution >= 0.6 is 11.6 Å². The van der Waals surface area contributed by atoms with E-state index in [-0.39, 0.29) is 23.4 Å². The lowest BCUT2D eigenvalue weighted by molar-refractivity contribution is -0.120. The summed E-state index contributed by atoms with van der Waals surface area (Å²) < 4.78 is 22.9. The van der Waals surface area contributed by atoms with Crippen LogP contribution in [0, 0.1) is 0 Å². The van der Waals surface area contributed by atoms with Gasteiger partial charge in [-0.25, -0.2) is 13.6 Å². The summed E-state index contributed by atoms with van der Waals surface area (Å²) in [6.45, 7) is 2.76. The Labute approximate surface area is 158 Å². The highest BCUT2D eigenvalue weighted by molar-refractivity contribution is 7.89. The Kier molecular flexibility index (Phi) is 5.22. The van der Waals surface area contributed by atoms with Crippen molar-refractivity contribution in [1.29, 1.82) is 0 Å². The Morgan fingerprint density at radius 2 is 2.08 bits per heavy atom. The molecule has 1 heterocycles. The SMILES string of the molecule is CC(NC(=O)CN1CCc2cc(S(N)(=O)=O)ccc21)c1cccc(Cl)c1. The average molecular weight is 394 g/mol. The molecular formula is C18H20ClN3O3S. The normalized spacial score (nSPS) is 14.8. The van der Waals surface area contributed by atoms with Crippen molar-refractivity contribution >= 4 is 33.2 Å². The van der Waals surface area contributed by atoms with Crippen LogP contribution in [0.4, 0.5) is 5.69 Å². The summed E-state index contributed by atoms with van der Waals surface area (Å²) in [4.78, 5) is 14.4. The van der Waals surface area contributed by atoms with Gasteiger partial charge in [0.1, 0.15) is 0 Å². The summed E-state index contributed by atoms with van der Waals surface area (Å²) in [6, 6.07) is 12.0. The molecule has 2 aromatic carbocycles. The molecule has 1 aliphatic rings. The molecular weight excluding hydrogens is 374 g/mol. The highest BCUT2D eigenvalue weighted by Gasteiger charge is 2.23. The van der Waals surface area contributed by atoms with Crippen molar-refractivity contribution in [3.8, 4) is 0 Å². The van der Waals surface area contributed by atoms with E-state index in [0.717, 1.165) is 16.8 Å². The summed E-state index contributed by atoms with van der Waals surface area (Å²) in [7, 11) is -3.72. The molecule has 1 atom stereocenters. The number of hydrogen-bond acceptors (Lipinski definition) is 4. The van der Waals surface area contributed by atoms with E-state index in [1.165, 1.54) is 6.07 Å². The third-order valence-corrected chi connectivity index (χ3v) is 5.58. The molecule has 0 aliphatic carbocycles. The standard InChI is InChI=1S/C18H20ClN3O3S/c1-12(13-3-2-4-15(19)9-13)21-18(23)11-22-8-7-14-10-16(26(20,24)25)5-6-17(14)22/h2-6,9-10,12H,7-8,11H2,1H3,(H,21,23)(H2,20,24,25). The minimum atomic E-state index is -3.72. The van der Waals surface area contributed by atoms with Gasteiger partial charge in [0, 0.05) is 17.3 Å². The fourth-order valence-corrected chi connectivity index (χ4v) is 3.87. The van der Waals surface area contributed by atoms with Crippen molar-refractivity contribution in [2.45, 2.75) is 24.3 Å². The van der Waals surface area contributed by atoms with Gasteiger partial charge >= 0.3 is 0 Å². The van der Waals surface area contributed by atoms with E-state index >= 15 is 0 Å². The number of sulfonamides is 1. The zero-order valence-electron chi connectivity index (χ0n) is 14.3. The van der Waals surface area contributed by atoms with E-state index in [4.69, 9.17) is 16.7 Å². The van der Waals surface area contributed by atoms with Gasteiger partial charge < -0.3 is 10.2 Å². The summed E-state index contributed by atoms with van der Waals surface area (Å²) >= 11 is 5.99. The van der Waals surface area contributed by atoms with Crippen LogP contribution in [-0.4, -0.2) is 27.4 Å². The maximum atomic E-state index is 12.4. The quantitative estimate of drug-likeness (QED) is 0.814. The lowest BCUT2D eigenvalue weighted by Crippen LogP contribution is -2.37. The molecule has 0 fully saturated rings. The van der Waals surface area contributed by atoms with Crippen LogP contribution in [0.5, 0.6) is 0 Å². The van der Waals surface area contributed by atoms with Crippen molar-refractivity contribution < 1.29 is 13.2 Å². The molecule has 0 saturated carbocycles. The topological polar surface area (TPSA) is 92.5 Å². The predicted octanol–water partition coefficient (Wildman–Crippen LogP) is 2.23. The first kappa shape index (κ1) is 18.7. The molecule has 1 amide bonds. The summed E-state index contributed by atoms with van der Waals surface area (Å²) in [5.41, 5.74) is 2.68. The van der Waals surface area contributed by atoms with Crippen molar-refractivity contribution in [1.82, 2.24) is 5.32 Å². The first-order chi connectivity index (χ1) is 12.2. The third kappa shape index (κ3) is 4.17. The van der Waals surface area contributed by atoms with Gasteiger partial charge in [0.25, 0.3) is 0 Å². The summed E-state index contributed by atoms with van der Waals surface area (Å²) in [5.74, 6) is -0.110. The Balaban J connectivity index is 1.67. The molecule has 8 heteroatoms. The Morgan fingerprint density at radius 1 is 1.31 bits per heavy atom. The van der Waals surface area contributed by atoms with E-state index in [9.17, 15) is 13.2 Å². The van der Waals surface area contributed by atoms with Crippen molar-refractivity contribution in [2.75, 3.05) is 18.0 Å². The van der Waals surface area contributed by atoms with Gasteiger partial charge in [-0.15, -0.1) is 0 Å². The Bertz CT molecular complexity index is 946. The number of carbonyl (C=O) groups excluding carboxylic acids is 1. The second-order valence-corrected chi connectivity index (χ2v) is 8.35. The van der Waals surface area contributed by atoms with Gasteiger partial charge in [-0.3, -0.25) is 4.79 Å². The zero-order valence-corrected chi connectivity index (χ0v) is 15.8. The molecule has 0 radical (unpaired) electrons. The number of rotatable bonds is 5. The number of primary sulfonamides is 1. The zero-order chi connectivity index (χ0) is 18.9. The molecule has 0 spiro atoms. The second-order valence-electron chi connectivity index (χ2n) is 6.35. The number of fused-ring (bicyclic) bond motifs is 1. The predicted molar refractivity (Wildman–Crippen MR) is 102 cm³/mol. The molecule has 6 nitrogen and oxygen atoms in total.